The average Bonchev–Trinajstić information content (AvgIpc) is 2.90. The zero-order valence-corrected chi connectivity index (χ0v) is 19.3. The summed E-state index contributed by atoms with van der Waals surface area (Å²) in [7, 11) is 0. The molecule has 3 rings (SSSR count). The highest BCUT2D eigenvalue weighted by molar-refractivity contribution is 5.68. The Kier molecular flexibility index (Phi) is 6.81. The Morgan fingerprint density at radius 2 is 2.00 bits per heavy atom. The minimum atomic E-state index is -0.543. The Morgan fingerprint density at radius 1 is 1.26 bits per heavy atom. The molecule has 2 aromatic heterocycles. The minimum Gasteiger partial charge on any atom is -0.444 e. The van der Waals surface area contributed by atoms with Gasteiger partial charge >= 0.3 is 6.09 Å². The monoisotopic (exact) mass is 432 g/mol. The molecule has 8 nitrogen and oxygen atoms in total. The van der Waals surface area contributed by atoms with Crippen LogP contribution in [0.25, 0.3) is 11.4 Å². The quantitative estimate of drug-likeness (QED) is 0.762. The van der Waals surface area contributed by atoms with Gasteiger partial charge in [0.15, 0.2) is 5.82 Å². The summed E-state index contributed by atoms with van der Waals surface area (Å²) in [5.74, 6) is 0.638. The van der Waals surface area contributed by atoms with Crippen LogP contribution in [0.1, 0.15) is 65.7 Å². The fourth-order valence-electron chi connectivity index (χ4n) is 3.83. The molecule has 1 aliphatic heterocycles. The van der Waals surface area contributed by atoms with Crippen molar-refractivity contribution in [2.24, 2.45) is 0 Å². The number of halogens is 1. The number of carbonyl (C=O) groups is 1. The predicted octanol–water partition coefficient (Wildman–Crippen LogP) is 4.57. The number of hydrogen-bond acceptors (Lipinski definition) is 6. The molecule has 31 heavy (non-hydrogen) atoms. The standard InChI is InChI=1S/C22H33FN6O2/c1-14(2)29-15(3)24-12-18(29)19-17(23)11-25-20(27-19)26-16-9-7-8-10-28(13-16)21(30)31-22(4,5)6/h11-12,14,16H,7-10,13H2,1-6H3,(H,25,26,27). The number of aryl methyl sites for hydroxylation is 1. The first-order valence-electron chi connectivity index (χ1n) is 10.9. The number of amides is 1. The highest BCUT2D eigenvalue weighted by Gasteiger charge is 2.27. The lowest BCUT2D eigenvalue weighted by atomic mass is 10.1. The van der Waals surface area contributed by atoms with Gasteiger partial charge in [-0.05, 0) is 60.8 Å². The molecule has 1 amide bonds. The molecule has 2 aromatic rings. The SMILES string of the molecule is Cc1ncc(-c2nc(NC3CCCCN(C(=O)OC(C)(C)C)C3)ncc2F)n1C(C)C. The van der Waals surface area contributed by atoms with Crippen LogP contribution >= 0.6 is 0 Å². The summed E-state index contributed by atoms with van der Waals surface area (Å²) in [5.41, 5.74) is 0.287. The average molecular weight is 433 g/mol. The highest BCUT2D eigenvalue weighted by atomic mass is 19.1. The van der Waals surface area contributed by atoms with Crippen LogP contribution in [-0.2, 0) is 4.74 Å². The van der Waals surface area contributed by atoms with Gasteiger partial charge in [-0.15, -0.1) is 0 Å². The number of hydrogen-bond donors (Lipinski definition) is 1. The van der Waals surface area contributed by atoms with Gasteiger partial charge in [0.1, 0.15) is 17.1 Å². The highest BCUT2D eigenvalue weighted by Crippen LogP contribution is 2.26. The van der Waals surface area contributed by atoms with Crippen molar-refractivity contribution in [3.8, 4) is 11.4 Å². The normalized spacial score (nSPS) is 17.5. The van der Waals surface area contributed by atoms with Crippen LogP contribution in [0.2, 0.25) is 0 Å². The molecule has 9 heteroatoms. The van der Waals surface area contributed by atoms with E-state index in [0.717, 1.165) is 25.1 Å². The van der Waals surface area contributed by atoms with Gasteiger partial charge in [0.05, 0.1) is 18.1 Å². The molecule has 1 N–H and O–H groups in total. The van der Waals surface area contributed by atoms with Crippen molar-refractivity contribution in [3.63, 3.8) is 0 Å². The first-order valence-corrected chi connectivity index (χ1v) is 10.9. The van der Waals surface area contributed by atoms with Crippen molar-refractivity contribution >= 4 is 12.0 Å². The third kappa shape index (κ3) is 5.71. The number of carbonyl (C=O) groups excluding carboxylic acids is 1. The molecule has 0 aromatic carbocycles. The van der Waals surface area contributed by atoms with Crippen molar-refractivity contribution < 1.29 is 13.9 Å². The van der Waals surface area contributed by atoms with E-state index in [-0.39, 0.29) is 23.9 Å². The van der Waals surface area contributed by atoms with Crippen LogP contribution in [0.15, 0.2) is 12.4 Å². The summed E-state index contributed by atoms with van der Waals surface area (Å²) < 4.78 is 22.1. The van der Waals surface area contributed by atoms with E-state index >= 15 is 0 Å². The first kappa shape index (κ1) is 23.0. The second-order valence-corrected chi connectivity index (χ2v) is 9.31. The summed E-state index contributed by atoms with van der Waals surface area (Å²) in [6.45, 7) is 12.6. The van der Waals surface area contributed by atoms with Crippen LogP contribution < -0.4 is 5.32 Å². The van der Waals surface area contributed by atoms with Crippen LogP contribution in [0.4, 0.5) is 15.1 Å². The van der Waals surface area contributed by atoms with Crippen LogP contribution in [0.5, 0.6) is 0 Å². The summed E-state index contributed by atoms with van der Waals surface area (Å²) in [4.78, 5) is 27.2. The first-order chi connectivity index (χ1) is 14.5. The molecule has 0 saturated carbocycles. The van der Waals surface area contributed by atoms with Gasteiger partial charge in [-0.2, -0.15) is 0 Å². The Labute approximate surface area is 183 Å². The third-order valence-corrected chi connectivity index (χ3v) is 5.14. The van der Waals surface area contributed by atoms with Crippen molar-refractivity contribution in [3.05, 3.63) is 24.0 Å². The summed E-state index contributed by atoms with van der Waals surface area (Å²) >= 11 is 0. The zero-order chi connectivity index (χ0) is 22.8. The van der Waals surface area contributed by atoms with E-state index in [2.05, 4.69) is 20.3 Å². The van der Waals surface area contributed by atoms with Gasteiger partial charge in [0.2, 0.25) is 5.95 Å². The molecule has 170 valence electrons. The van der Waals surface area contributed by atoms with Crippen molar-refractivity contribution in [2.75, 3.05) is 18.4 Å². The van der Waals surface area contributed by atoms with Crippen molar-refractivity contribution in [1.29, 1.82) is 0 Å². The predicted molar refractivity (Wildman–Crippen MR) is 117 cm³/mol. The van der Waals surface area contributed by atoms with Gasteiger partial charge in [0.25, 0.3) is 0 Å². The second kappa shape index (κ2) is 9.20. The Hall–Kier alpha value is -2.71. The number of imidazole rings is 1. The summed E-state index contributed by atoms with van der Waals surface area (Å²) in [5, 5.41) is 3.29. The molecule has 3 heterocycles. The molecule has 1 saturated heterocycles. The lowest BCUT2D eigenvalue weighted by Crippen LogP contribution is -2.42. The molecular formula is C22H33FN6O2. The van der Waals surface area contributed by atoms with Crippen LogP contribution in [0, 0.1) is 12.7 Å². The van der Waals surface area contributed by atoms with E-state index in [9.17, 15) is 9.18 Å². The molecule has 1 atom stereocenters. The summed E-state index contributed by atoms with van der Waals surface area (Å²) in [6, 6.07) is 0.0672. The molecular weight excluding hydrogens is 399 g/mol. The van der Waals surface area contributed by atoms with E-state index in [0.29, 0.717) is 24.7 Å². The maximum absolute atomic E-state index is 14.6. The maximum Gasteiger partial charge on any atom is 0.410 e. The number of rotatable bonds is 4. The molecule has 1 unspecified atom stereocenters. The van der Waals surface area contributed by atoms with Gasteiger partial charge in [-0.25, -0.2) is 24.1 Å². The van der Waals surface area contributed by atoms with E-state index < -0.39 is 11.4 Å². The largest absolute Gasteiger partial charge is 0.444 e. The zero-order valence-electron chi connectivity index (χ0n) is 19.3. The van der Waals surface area contributed by atoms with E-state index in [1.54, 1.807) is 11.1 Å². The lowest BCUT2D eigenvalue weighted by molar-refractivity contribution is 0.0252. The molecule has 0 spiro atoms. The maximum atomic E-state index is 14.6. The molecule has 1 aliphatic rings. The molecule has 1 fully saturated rings. The van der Waals surface area contributed by atoms with Crippen molar-refractivity contribution in [2.45, 2.75) is 78.5 Å². The van der Waals surface area contributed by atoms with Crippen LogP contribution in [-0.4, -0.2) is 55.2 Å². The van der Waals surface area contributed by atoms with Gasteiger partial charge < -0.3 is 19.5 Å². The van der Waals surface area contributed by atoms with E-state index in [1.807, 2.05) is 46.1 Å². The Morgan fingerprint density at radius 3 is 2.68 bits per heavy atom. The summed E-state index contributed by atoms with van der Waals surface area (Å²) in [6.07, 6.45) is 5.22. The fraction of sp³-hybridized carbons (Fsp3) is 0.636. The second-order valence-electron chi connectivity index (χ2n) is 9.31. The number of aromatic nitrogens is 4. The number of nitrogens with one attached hydrogen (secondary N) is 1. The van der Waals surface area contributed by atoms with Gasteiger partial charge in [0, 0.05) is 25.2 Å². The van der Waals surface area contributed by atoms with Gasteiger partial charge in [-0.1, -0.05) is 0 Å². The third-order valence-electron chi connectivity index (χ3n) is 5.14. The fourth-order valence-corrected chi connectivity index (χ4v) is 3.83. The number of ether oxygens (including phenoxy) is 1. The Bertz CT molecular complexity index is 921. The van der Waals surface area contributed by atoms with Crippen LogP contribution in [0.3, 0.4) is 0 Å². The molecule has 0 aliphatic carbocycles. The van der Waals surface area contributed by atoms with E-state index in [4.69, 9.17) is 4.74 Å². The van der Waals surface area contributed by atoms with Crippen molar-refractivity contribution in [1.82, 2.24) is 24.4 Å². The topological polar surface area (TPSA) is 85.2 Å². The number of anilines is 1. The molecule has 0 bridgehead atoms. The van der Waals surface area contributed by atoms with E-state index in [1.165, 1.54) is 6.20 Å². The lowest BCUT2D eigenvalue weighted by Gasteiger charge is -2.28. The minimum absolute atomic E-state index is 0.0509. The number of nitrogens with zero attached hydrogens (tertiary/aromatic N) is 5. The number of likely N-dealkylation sites (tertiary alicyclic amines) is 1. The van der Waals surface area contributed by atoms with Gasteiger partial charge in [-0.3, -0.25) is 0 Å². The molecule has 0 radical (unpaired) electrons. The smallest absolute Gasteiger partial charge is 0.410 e. The Balaban J connectivity index is 1.80.